The van der Waals surface area contributed by atoms with E-state index < -0.39 is 13.5 Å². The highest BCUT2D eigenvalue weighted by atomic mass is 28.3. The highest BCUT2D eigenvalue weighted by Gasteiger charge is 2.71. The normalized spacial score (nSPS) is 24.4. The molecule has 2 aromatic rings. The molecule has 0 radical (unpaired) electrons. The second-order valence-electron chi connectivity index (χ2n) is 9.74. The Bertz CT molecular complexity index is 990. The third-order valence-electron chi connectivity index (χ3n) is 6.80. The summed E-state index contributed by atoms with van der Waals surface area (Å²) in [5.41, 5.74) is 6.11. The molecule has 1 amide bonds. The number of fused-ring (bicyclic) bond motifs is 7. The van der Waals surface area contributed by atoms with Gasteiger partial charge in [-0.1, -0.05) is 69.3 Å². The Hall–Kier alpha value is -2.31. The van der Waals surface area contributed by atoms with Gasteiger partial charge in [0.25, 0.3) is 0 Å². The lowest BCUT2D eigenvalue weighted by atomic mass is 9.75. The fourth-order valence-corrected chi connectivity index (χ4v) is 11.1. The van der Waals surface area contributed by atoms with Crippen LogP contribution in [0.4, 0.5) is 0 Å². The van der Waals surface area contributed by atoms with Crippen molar-refractivity contribution in [2.45, 2.75) is 46.1 Å². The van der Waals surface area contributed by atoms with E-state index in [1.54, 1.807) is 7.05 Å². The molecule has 28 heavy (non-hydrogen) atoms. The average Bonchev–Trinajstić information content (AvgIpc) is 2.66. The number of hydrogen-bond donors (Lipinski definition) is 1. The molecule has 0 saturated carbocycles. The molecule has 0 unspecified atom stereocenters. The summed E-state index contributed by atoms with van der Waals surface area (Å²) >= 11 is 0. The van der Waals surface area contributed by atoms with Gasteiger partial charge < -0.3 is 5.32 Å². The average molecular weight is 388 g/mol. The third kappa shape index (κ3) is 2.25. The number of nitrogens with one attached hydrogen (secondary N) is 1. The van der Waals surface area contributed by atoms with Gasteiger partial charge in [0.1, 0.15) is 0 Å². The van der Waals surface area contributed by atoms with Crippen molar-refractivity contribution in [1.82, 2.24) is 5.32 Å². The summed E-state index contributed by atoms with van der Waals surface area (Å²) in [6.45, 7) is 10.7. The van der Waals surface area contributed by atoms with Crippen LogP contribution >= 0.6 is 0 Å². The summed E-state index contributed by atoms with van der Waals surface area (Å²) in [7, 11) is -0.362. The Balaban J connectivity index is 1.77. The second kappa shape index (κ2) is 5.84. The third-order valence-corrected chi connectivity index (χ3v) is 11.8. The van der Waals surface area contributed by atoms with Gasteiger partial charge >= 0.3 is 0 Å². The predicted octanol–water partition coefficient (Wildman–Crippen LogP) is 3.15. The van der Waals surface area contributed by atoms with E-state index in [2.05, 4.69) is 86.1 Å². The summed E-state index contributed by atoms with van der Waals surface area (Å²) in [4.78, 5) is 12.3. The highest BCUT2D eigenvalue weighted by molar-refractivity contribution is 7.17. The van der Waals surface area contributed by atoms with Gasteiger partial charge in [0.05, 0.1) is 0 Å². The van der Waals surface area contributed by atoms with Gasteiger partial charge in [-0.2, -0.15) is 0 Å². The Kier molecular flexibility index (Phi) is 3.97. The maximum atomic E-state index is 12.3. The molecular weight excluding hydrogens is 358 g/mol. The first kappa shape index (κ1) is 19.0. The molecule has 0 fully saturated rings. The minimum Gasteiger partial charge on any atom is -0.359 e. The number of amides is 1. The zero-order chi connectivity index (χ0) is 20.4. The summed E-state index contributed by atoms with van der Waals surface area (Å²) in [6.07, 6.45) is 0.733. The van der Waals surface area contributed by atoms with Crippen LogP contribution in [0.25, 0.3) is 0 Å². The number of carbonyl (C=O) groups excluding carboxylic acids is 1. The lowest BCUT2D eigenvalue weighted by molar-refractivity contribution is -0.130. The SMILES string of the molecule is CNC(=O)C(C)(C)CC(C)(C)C#C[Si]12c3ccccc3C1(C)c1ccccc12. The van der Waals surface area contributed by atoms with Crippen molar-refractivity contribution in [3.05, 3.63) is 59.7 Å². The molecule has 2 heterocycles. The summed E-state index contributed by atoms with van der Waals surface area (Å²) < 4.78 is 0. The Labute approximate surface area is 169 Å². The number of rotatable bonds is 3. The summed E-state index contributed by atoms with van der Waals surface area (Å²) in [5.74, 6) is 3.73. The fourth-order valence-electron chi connectivity index (χ4n) is 5.69. The van der Waals surface area contributed by atoms with Crippen LogP contribution in [0.5, 0.6) is 0 Å². The van der Waals surface area contributed by atoms with Crippen molar-refractivity contribution in [3.8, 4) is 11.5 Å². The molecule has 0 bridgehead atoms. The predicted molar refractivity (Wildman–Crippen MR) is 118 cm³/mol. The van der Waals surface area contributed by atoms with Gasteiger partial charge in [-0.05, 0) is 41.8 Å². The van der Waals surface area contributed by atoms with E-state index in [1.807, 2.05) is 13.8 Å². The maximum Gasteiger partial charge on any atom is 0.225 e. The van der Waals surface area contributed by atoms with Crippen LogP contribution in [-0.4, -0.2) is 21.0 Å². The van der Waals surface area contributed by atoms with E-state index in [-0.39, 0.29) is 16.4 Å². The second-order valence-corrected chi connectivity index (χ2v) is 13.6. The van der Waals surface area contributed by atoms with Crippen molar-refractivity contribution in [2.24, 2.45) is 10.8 Å². The van der Waals surface area contributed by atoms with E-state index in [9.17, 15) is 4.79 Å². The fraction of sp³-hybridized carbons (Fsp3) is 0.400. The zero-order valence-electron chi connectivity index (χ0n) is 17.7. The number of hydrogen-bond acceptors (Lipinski definition) is 1. The first-order valence-corrected chi connectivity index (χ1v) is 12.1. The monoisotopic (exact) mass is 387 g/mol. The zero-order valence-corrected chi connectivity index (χ0v) is 18.7. The molecule has 2 aliphatic heterocycles. The molecule has 0 aromatic heterocycles. The van der Waals surface area contributed by atoms with Crippen molar-refractivity contribution in [1.29, 1.82) is 0 Å². The van der Waals surface area contributed by atoms with Gasteiger partial charge in [0.15, 0.2) is 0 Å². The van der Waals surface area contributed by atoms with Crippen molar-refractivity contribution < 1.29 is 4.79 Å². The lowest BCUT2D eigenvalue weighted by Gasteiger charge is -2.64. The van der Waals surface area contributed by atoms with Crippen LogP contribution in [-0.2, 0) is 9.83 Å². The Morgan fingerprint density at radius 3 is 2.00 bits per heavy atom. The molecule has 3 heteroatoms. The number of carbonyl (C=O) groups is 1. The Morgan fingerprint density at radius 1 is 1.00 bits per heavy atom. The minimum absolute atomic E-state index is 0.0746. The van der Waals surface area contributed by atoms with Crippen LogP contribution in [0.2, 0.25) is 0 Å². The highest BCUT2D eigenvalue weighted by Crippen LogP contribution is 2.53. The first-order chi connectivity index (χ1) is 13.1. The lowest BCUT2D eigenvalue weighted by Crippen LogP contribution is -2.88. The van der Waals surface area contributed by atoms with Crippen molar-refractivity contribution >= 4 is 24.4 Å². The van der Waals surface area contributed by atoms with Crippen LogP contribution in [0, 0.1) is 22.3 Å². The molecular formula is C25H29NOSi. The standard InChI is InChI=1S/C25H29NOSi/c1-23(2,17-24(3,4)22(27)26-6)15-16-28-20-13-9-7-11-18(20)25(28,5)19-12-8-10-14-21(19)28/h7-14H,17H2,1-6H3,(H,26,27). The molecule has 1 N–H and O–H groups in total. The van der Waals surface area contributed by atoms with Crippen molar-refractivity contribution in [2.75, 3.05) is 7.05 Å². The number of benzene rings is 2. The first-order valence-electron chi connectivity index (χ1n) is 10.1. The molecule has 2 aromatic carbocycles. The Morgan fingerprint density at radius 2 is 1.50 bits per heavy atom. The van der Waals surface area contributed by atoms with E-state index in [0.717, 1.165) is 6.42 Å². The topological polar surface area (TPSA) is 29.1 Å². The van der Waals surface area contributed by atoms with E-state index >= 15 is 0 Å². The molecule has 0 aliphatic carbocycles. The van der Waals surface area contributed by atoms with Crippen LogP contribution in [0.15, 0.2) is 48.5 Å². The van der Waals surface area contributed by atoms with Gasteiger partial charge in [-0.15, -0.1) is 11.5 Å². The van der Waals surface area contributed by atoms with Gasteiger partial charge in [-0.25, -0.2) is 0 Å². The summed E-state index contributed by atoms with van der Waals surface area (Å²) in [5, 5.41) is 5.84. The smallest absolute Gasteiger partial charge is 0.225 e. The van der Waals surface area contributed by atoms with Crippen LogP contribution in [0.3, 0.4) is 0 Å². The summed E-state index contributed by atoms with van der Waals surface area (Å²) in [6, 6.07) is 17.7. The molecule has 2 nitrogen and oxygen atoms in total. The molecule has 2 aliphatic rings. The molecule has 4 rings (SSSR count). The largest absolute Gasteiger partial charge is 0.359 e. The van der Waals surface area contributed by atoms with Crippen LogP contribution in [0.1, 0.15) is 52.2 Å². The van der Waals surface area contributed by atoms with Gasteiger partial charge in [-0.3, -0.25) is 4.79 Å². The van der Waals surface area contributed by atoms with Gasteiger partial charge in [0, 0.05) is 22.9 Å². The van der Waals surface area contributed by atoms with Gasteiger partial charge in [0.2, 0.25) is 14.0 Å². The maximum absolute atomic E-state index is 12.3. The molecule has 144 valence electrons. The minimum atomic E-state index is -2.07. The van der Waals surface area contributed by atoms with E-state index in [1.165, 1.54) is 21.5 Å². The quantitative estimate of drug-likeness (QED) is 0.636. The van der Waals surface area contributed by atoms with E-state index in [4.69, 9.17) is 0 Å². The molecule has 0 spiro atoms. The molecule has 0 saturated heterocycles. The van der Waals surface area contributed by atoms with Crippen LogP contribution < -0.4 is 15.7 Å². The molecule has 0 atom stereocenters. The van der Waals surface area contributed by atoms with E-state index in [0.29, 0.717) is 0 Å². The van der Waals surface area contributed by atoms with Crippen molar-refractivity contribution in [3.63, 3.8) is 0 Å².